The molecule has 0 aromatic heterocycles. The van der Waals surface area contributed by atoms with Gasteiger partial charge in [-0.05, 0) is 6.92 Å². The lowest BCUT2D eigenvalue weighted by Gasteiger charge is -2.13. The number of nitriles is 1. The third-order valence-corrected chi connectivity index (χ3v) is 0.859. The molecule has 0 heterocycles. The SMILES string of the molecule is CC(OCC#N)C(F)(F)F. The third-order valence-electron chi connectivity index (χ3n) is 0.859. The highest BCUT2D eigenvalue weighted by Crippen LogP contribution is 2.21. The topological polar surface area (TPSA) is 33.0 Å². The molecule has 0 aromatic rings. The number of hydrogen-bond donors (Lipinski definition) is 0. The maximum absolute atomic E-state index is 11.5. The van der Waals surface area contributed by atoms with Gasteiger partial charge in [-0.1, -0.05) is 0 Å². The van der Waals surface area contributed by atoms with Gasteiger partial charge in [0, 0.05) is 0 Å². The van der Waals surface area contributed by atoms with Crippen LogP contribution in [0.1, 0.15) is 6.92 Å². The molecule has 0 rings (SSSR count). The average Bonchev–Trinajstić information content (AvgIpc) is 1.80. The van der Waals surface area contributed by atoms with Crippen molar-refractivity contribution in [2.24, 2.45) is 0 Å². The molecule has 0 N–H and O–H groups in total. The van der Waals surface area contributed by atoms with Crippen LogP contribution >= 0.6 is 0 Å². The molecule has 0 fully saturated rings. The van der Waals surface area contributed by atoms with Crippen molar-refractivity contribution < 1.29 is 17.9 Å². The Balaban J connectivity index is 3.65. The van der Waals surface area contributed by atoms with Crippen molar-refractivity contribution in [2.75, 3.05) is 6.61 Å². The summed E-state index contributed by atoms with van der Waals surface area (Å²) in [6, 6.07) is 1.45. The zero-order valence-electron chi connectivity index (χ0n) is 5.27. The normalized spacial score (nSPS) is 14.3. The van der Waals surface area contributed by atoms with Crippen LogP contribution in [0.3, 0.4) is 0 Å². The van der Waals surface area contributed by atoms with Crippen LogP contribution in [0.25, 0.3) is 0 Å². The molecule has 1 atom stereocenters. The van der Waals surface area contributed by atoms with Crippen LogP contribution < -0.4 is 0 Å². The summed E-state index contributed by atoms with van der Waals surface area (Å²) in [7, 11) is 0. The van der Waals surface area contributed by atoms with E-state index in [1.807, 2.05) is 0 Å². The molecule has 0 aliphatic heterocycles. The lowest BCUT2D eigenvalue weighted by Crippen LogP contribution is -2.28. The molecule has 5 heteroatoms. The minimum atomic E-state index is -4.36. The molecule has 1 unspecified atom stereocenters. The van der Waals surface area contributed by atoms with Gasteiger partial charge in [-0.15, -0.1) is 0 Å². The predicted molar refractivity (Wildman–Crippen MR) is 27.1 cm³/mol. The van der Waals surface area contributed by atoms with E-state index in [-0.39, 0.29) is 0 Å². The van der Waals surface area contributed by atoms with E-state index in [0.717, 1.165) is 6.92 Å². The summed E-state index contributed by atoms with van der Waals surface area (Å²) in [6.45, 7) is 0.331. The molecule has 0 spiro atoms. The van der Waals surface area contributed by atoms with Crippen molar-refractivity contribution in [3.63, 3.8) is 0 Å². The zero-order chi connectivity index (χ0) is 8.20. The van der Waals surface area contributed by atoms with Crippen molar-refractivity contribution in [1.29, 1.82) is 5.26 Å². The van der Waals surface area contributed by atoms with Gasteiger partial charge in [0.15, 0.2) is 6.10 Å². The van der Waals surface area contributed by atoms with E-state index >= 15 is 0 Å². The van der Waals surface area contributed by atoms with E-state index in [4.69, 9.17) is 5.26 Å². The molecule has 0 aromatic carbocycles. The van der Waals surface area contributed by atoms with E-state index in [1.54, 1.807) is 0 Å². The van der Waals surface area contributed by atoms with Crippen molar-refractivity contribution >= 4 is 0 Å². The molecule has 0 radical (unpaired) electrons. The largest absolute Gasteiger partial charge is 0.414 e. The fraction of sp³-hybridized carbons (Fsp3) is 0.800. The van der Waals surface area contributed by atoms with Crippen molar-refractivity contribution in [2.45, 2.75) is 19.2 Å². The minimum Gasteiger partial charge on any atom is -0.354 e. The zero-order valence-corrected chi connectivity index (χ0v) is 5.27. The quantitative estimate of drug-likeness (QED) is 0.601. The Kier molecular flexibility index (Phi) is 3.16. The van der Waals surface area contributed by atoms with Gasteiger partial charge in [0.1, 0.15) is 6.61 Å². The van der Waals surface area contributed by atoms with E-state index < -0.39 is 18.9 Å². The van der Waals surface area contributed by atoms with E-state index in [2.05, 4.69) is 4.74 Å². The van der Waals surface area contributed by atoms with Crippen LogP contribution in [-0.2, 0) is 4.74 Å². The highest BCUT2D eigenvalue weighted by molar-refractivity contribution is 4.70. The molecular weight excluding hydrogens is 147 g/mol. The van der Waals surface area contributed by atoms with E-state index in [1.165, 1.54) is 6.07 Å². The Morgan fingerprint density at radius 2 is 2.10 bits per heavy atom. The van der Waals surface area contributed by atoms with Crippen LogP contribution in [-0.4, -0.2) is 18.9 Å². The molecule has 0 saturated carbocycles. The van der Waals surface area contributed by atoms with Gasteiger partial charge in [-0.25, -0.2) is 0 Å². The van der Waals surface area contributed by atoms with Crippen LogP contribution in [0.4, 0.5) is 13.2 Å². The van der Waals surface area contributed by atoms with Crippen LogP contribution in [0.15, 0.2) is 0 Å². The predicted octanol–water partition coefficient (Wildman–Crippen LogP) is 1.48. The van der Waals surface area contributed by atoms with Gasteiger partial charge in [-0.2, -0.15) is 18.4 Å². The first-order chi connectivity index (χ1) is 4.48. The monoisotopic (exact) mass is 153 g/mol. The highest BCUT2D eigenvalue weighted by Gasteiger charge is 2.36. The molecule has 0 aliphatic carbocycles. The van der Waals surface area contributed by atoms with Gasteiger partial charge in [0.2, 0.25) is 0 Å². The van der Waals surface area contributed by atoms with E-state index in [0.29, 0.717) is 0 Å². The summed E-state index contributed by atoms with van der Waals surface area (Å²) in [5.41, 5.74) is 0. The number of ether oxygens (including phenoxy) is 1. The number of halogens is 3. The van der Waals surface area contributed by atoms with E-state index in [9.17, 15) is 13.2 Å². The first-order valence-electron chi connectivity index (χ1n) is 2.53. The van der Waals surface area contributed by atoms with Crippen LogP contribution in [0.5, 0.6) is 0 Å². The fourth-order valence-electron chi connectivity index (χ4n) is 0.257. The number of rotatable bonds is 2. The fourth-order valence-corrected chi connectivity index (χ4v) is 0.257. The molecule has 2 nitrogen and oxygen atoms in total. The lowest BCUT2D eigenvalue weighted by molar-refractivity contribution is -0.210. The first kappa shape index (κ1) is 9.24. The van der Waals surface area contributed by atoms with Gasteiger partial charge >= 0.3 is 6.18 Å². The van der Waals surface area contributed by atoms with Gasteiger partial charge < -0.3 is 4.74 Å². The molecule has 0 amide bonds. The second-order valence-corrected chi connectivity index (χ2v) is 1.65. The Labute approximate surface area is 56.2 Å². The van der Waals surface area contributed by atoms with Crippen LogP contribution in [0.2, 0.25) is 0 Å². The van der Waals surface area contributed by atoms with Gasteiger partial charge in [-0.3, -0.25) is 0 Å². The average molecular weight is 153 g/mol. The van der Waals surface area contributed by atoms with Crippen molar-refractivity contribution in [1.82, 2.24) is 0 Å². The van der Waals surface area contributed by atoms with Crippen molar-refractivity contribution in [3.05, 3.63) is 0 Å². The summed E-state index contributed by atoms with van der Waals surface area (Å²) in [4.78, 5) is 0. The Morgan fingerprint density at radius 3 is 2.40 bits per heavy atom. The molecule has 10 heavy (non-hydrogen) atoms. The Bertz CT molecular complexity index is 137. The second kappa shape index (κ2) is 3.42. The summed E-state index contributed by atoms with van der Waals surface area (Å²) in [5.74, 6) is 0. The first-order valence-corrected chi connectivity index (χ1v) is 2.53. The summed E-state index contributed by atoms with van der Waals surface area (Å²) in [6.07, 6.45) is -6.22. The lowest BCUT2D eigenvalue weighted by atomic mass is 10.4. The number of hydrogen-bond acceptors (Lipinski definition) is 2. The molecule has 0 bridgehead atoms. The maximum atomic E-state index is 11.5. The van der Waals surface area contributed by atoms with Gasteiger partial charge in [0.05, 0.1) is 6.07 Å². The third kappa shape index (κ3) is 3.30. The standard InChI is InChI=1S/C5H6F3NO/c1-4(5(6,7)8)10-3-2-9/h4H,3H2,1H3. The molecule has 0 saturated heterocycles. The smallest absolute Gasteiger partial charge is 0.354 e. The second-order valence-electron chi connectivity index (χ2n) is 1.65. The van der Waals surface area contributed by atoms with Gasteiger partial charge in [0.25, 0.3) is 0 Å². The van der Waals surface area contributed by atoms with Crippen molar-refractivity contribution in [3.8, 4) is 6.07 Å². The summed E-state index contributed by atoms with van der Waals surface area (Å²) in [5, 5.41) is 7.84. The highest BCUT2D eigenvalue weighted by atomic mass is 19.4. The molecule has 58 valence electrons. The molecular formula is C5H6F3NO. The van der Waals surface area contributed by atoms with Crippen LogP contribution in [0, 0.1) is 11.3 Å². The summed E-state index contributed by atoms with van der Waals surface area (Å²) >= 11 is 0. The summed E-state index contributed by atoms with van der Waals surface area (Å²) < 4.78 is 38.7. The molecule has 0 aliphatic rings. The maximum Gasteiger partial charge on any atom is 0.414 e. The Hall–Kier alpha value is -0.760. The number of nitrogens with zero attached hydrogens (tertiary/aromatic N) is 1. The minimum absolute atomic E-state index is 0.527. The number of alkyl halides is 3. The Morgan fingerprint density at radius 1 is 1.60 bits per heavy atom.